The van der Waals surface area contributed by atoms with Crippen molar-refractivity contribution in [2.24, 2.45) is 0 Å². The number of nitrogens with zero attached hydrogens (tertiary/aromatic N) is 4. The van der Waals surface area contributed by atoms with Crippen LogP contribution in [0.4, 0.5) is 0 Å². The number of hydrogen-bond donors (Lipinski definition) is 0. The van der Waals surface area contributed by atoms with Crippen molar-refractivity contribution >= 4 is 34.9 Å². The number of rotatable bonds is 5. The Morgan fingerprint density at radius 3 is 2.77 bits per heavy atom. The molecule has 0 bridgehead atoms. The Bertz CT molecular complexity index is 1290. The Morgan fingerprint density at radius 2 is 1.94 bits per heavy atom. The van der Waals surface area contributed by atoms with Gasteiger partial charge in [-0.15, -0.1) is 5.10 Å². The van der Waals surface area contributed by atoms with E-state index in [0.29, 0.717) is 35.1 Å². The van der Waals surface area contributed by atoms with Gasteiger partial charge in [-0.2, -0.15) is 4.98 Å². The number of aromatic nitrogens is 4. The molecule has 6 nitrogen and oxygen atoms in total. The number of thioether (sulfide) groups is 1. The van der Waals surface area contributed by atoms with Crippen LogP contribution in [0.5, 0.6) is 5.75 Å². The van der Waals surface area contributed by atoms with E-state index >= 15 is 0 Å². The number of carbonyl (C=O) groups is 1. The minimum absolute atomic E-state index is 0.0306. The molecule has 2 heterocycles. The molecule has 0 radical (unpaired) electrons. The molecule has 4 aromatic rings. The van der Waals surface area contributed by atoms with Crippen LogP contribution < -0.4 is 4.74 Å². The number of methoxy groups -OCH3 is 1. The van der Waals surface area contributed by atoms with Crippen LogP contribution in [0.15, 0.2) is 59.9 Å². The maximum atomic E-state index is 12.9. The zero-order valence-corrected chi connectivity index (χ0v) is 18.4. The Kier molecular flexibility index (Phi) is 5.38. The number of fused-ring (bicyclic) bond motifs is 2. The molecule has 0 fully saturated rings. The van der Waals surface area contributed by atoms with E-state index in [-0.39, 0.29) is 11.7 Å². The van der Waals surface area contributed by atoms with Crippen molar-refractivity contribution in [3.8, 4) is 5.75 Å². The summed E-state index contributed by atoms with van der Waals surface area (Å²) in [6.45, 7) is 0. The summed E-state index contributed by atoms with van der Waals surface area (Å²) in [6, 6.07) is 15.6. The van der Waals surface area contributed by atoms with Crippen LogP contribution in [0, 0.1) is 0 Å². The molecule has 5 rings (SSSR count). The molecule has 0 saturated carbocycles. The fourth-order valence-corrected chi connectivity index (χ4v) is 5.02. The van der Waals surface area contributed by atoms with E-state index in [0.717, 1.165) is 27.6 Å². The lowest BCUT2D eigenvalue weighted by Crippen LogP contribution is -2.21. The first-order valence-electron chi connectivity index (χ1n) is 9.91. The van der Waals surface area contributed by atoms with Crippen LogP contribution in [0.2, 0.25) is 5.02 Å². The molecule has 1 aliphatic carbocycles. The highest BCUT2D eigenvalue weighted by atomic mass is 35.5. The molecule has 2 aromatic heterocycles. The van der Waals surface area contributed by atoms with Crippen molar-refractivity contribution in [2.75, 3.05) is 7.11 Å². The quantitative estimate of drug-likeness (QED) is 0.399. The molecule has 0 amide bonds. The van der Waals surface area contributed by atoms with Gasteiger partial charge in [0.1, 0.15) is 5.75 Å². The van der Waals surface area contributed by atoms with Gasteiger partial charge in [0.05, 0.1) is 18.4 Å². The molecule has 0 N–H and O–H groups in total. The minimum Gasteiger partial charge on any atom is -0.496 e. The molecule has 2 aromatic carbocycles. The van der Waals surface area contributed by atoms with Gasteiger partial charge in [0, 0.05) is 29.3 Å². The van der Waals surface area contributed by atoms with Gasteiger partial charge < -0.3 is 4.74 Å². The Hall–Kier alpha value is -2.90. The van der Waals surface area contributed by atoms with E-state index in [1.54, 1.807) is 17.8 Å². The fraction of sp³-hybridized carbons (Fsp3) is 0.217. The molecule has 156 valence electrons. The monoisotopic (exact) mass is 450 g/mol. The lowest BCUT2D eigenvalue weighted by atomic mass is 9.82. The van der Waals surface area contributed by atoms with E-state index in [1.807, 2.05) is 48.5 Å². The van der Waals surface area contributed by atoms with Crippen molar-refractivity contribution in [3.63, 3.8) is 0 Å². The summed E-state index contributed by atoms with van der Waals surface area (Å²) >= 11 is 7.73. The van der Waals surface area contributed by atoms with E-state index in [4.69, 9.17) is 16.3 Å². The number of benzene rings is 2. The largest absolute Gasteiger partial charge is 0.496 e. The van der Waals surface area contributed by atoms with Gasteiger partial charge >= 0.3 is 0 Å². The van der Waals surface area contributed by atoms with Crippen molar-refractivity contribution in [2.45, 2.75) is 29.7 Å². The zero-order chi connectivity index (χ0) is 21.4. The maximum absolute atomic E-state index is 12.9. The highest BCUT2D eigenvalue weighted by Crippen LogP contribution is 2.36. The summed E-state index contributed by atoms with van der Waals surface area (Å²) in [5.41, 5.74) is 3.43. The standard InChI is InChI=1S/C23H19ClN4O2S/c1-30-21-9-5-3-7-16(21)15-10-19-17(20(29)11-15)12-28-22(25-19)26-23(27-28)31-13-14-6-2-4-8-18(14)24/h2-9,12,15H,10-11,13H2,1H3. The average molecular weight is 451 g/mol. The first-order chi connectivity index (χ1) is 15.1. The van der Waals surface area contributed by atoms with E-state index in [1.165, 1.54) is 11.8 Å². The third-order valence-electron chi connectivity index (χ3n) is 5.46. The SMILES string of the molecule is COc1ccccc1C1CC(=O)c2cn3nc(SCc4ccccc4Cl)nc3nc2C1. The second-order valence-electron chi connectivity index (χ2n) is 7.39. The lowest BCUT2D eigenvalue weighted by Gasteiger charge is -2.24. The summed E-state index contributed by atoms with van der Waals surface area (Å²) in [4.78, 5) is 22.1. The molecule has 0 aliphatic heterocycles. The fourth-order valence-electron chi connectivity index (χ4n) is 3.91. The van der Waals surface area contributed by atoms with Crippen LogP contribution in [0.25, 0.3) is 5.78 Å². The Morgan fingerprint density at radius 1 is 1.13 bits per heavy atom. The zero-order valence-electron chi connectivity index (χ0n) is 16.8. The van der Waals surface area contributed by atoms with Crippen LogP contribution in [0.1, 0.15) is 39.5 Å². The van der Waals surface area contributed by atoms with Gasteiger partial charge in [0.15, 0.2) is 5.78 Å². The van der Waals surface area contributed by atoms with E-state index < -0.39 is 0 Å². The molecular formula is C23H19ClN4O2S. The smallest absolute Gasteiger partial charge is 0.253 e. The number of para-hydroxylation sites is 1. The van der Waals surface area contributed by atoms with Gasteiger partial charge in [-0.05, 0) is 29.7 Å². The first-order valence-corrected chi connectivity index (χ1v) is 11.3. The number of halogens is 1. The molecule has 31 heavy (non-hydrogen) atoms. The van der Waals surface area contributed by atoms with Gasteiger partial charge in [-0.1, -0.05) is 59.8 Å². The number of carbonyl (C=O) groups excluding carboxylic acids is 1. The van der Waals surface area contributed by atoms with Gasteiger partial charge in [0.2, 0.25) is 5.16 Å². The number of Topliss-reactive ketones (excluding diaryl/α,β-unsaturated/α-hetero) is 1. The van der Waals surface area contributed by atoms with E-state index in [2.05, 4.69) is 15.1 Å². The predicted octanol–water partition coefficient (Wildman–Crippen LogP) is 4.99. The van der Waals surface area contributed by atoms with E-state index in [9.17, 15) is 4.79 Å². The second kappa shape index (κ2) is 8.32. The van der Waals surface area contributed by atoms with Crippen LogP contribution >= 0.6 is 23.4 Å². The van der Waals surface area contributed by atoms with Crippen molar-refractivity contribution in [3.05, 3.63) is 82.1 Å². The third kappa shape index (κ3) is 3.91. The highest BCUT2D eigenvalue weighted by molar-refractivity contribution is 7.98. The first kappa shape index (κ1) is 20.0. The summed E-state index contributed by atoms with van der Waals surface area (Å²) < 4.78 is 7.09. The molecule has 8 heteroatoms. The average Bonchev–Trinajstić information content (AvgIpc) is 3.19. The van der Waals surface area contributed by atoms with Crippen LogP contribution in [0.3, 0.4) is 0 Å². The highest BCUT2D eigenvalue weighted by Gasteiger charge is 2.30. The molecule has 1 aliphatic rings. The third-order valence-corrected chi connectivity index (χ3v) is 6.71. The molecule has 0 spiro atoms. The molecule has 0 saturated heterocycles. The predicted molar refractivity (Wildman–Crippen MR) is 120 cm³/mol. The number of hydrogen-bond acceptors (Lipinski definition) is 6. The molecular weight excluding hydrogens is 432 g/mol. The van der Waals surface area contributed by atoms with Crippen LogP contribution in [-0.4, -0.2) is 32.5 Å². The van der Waals surface area contributed by atoms with Gasteiger partial charge in [-0.25, -0.2) is 9.50 Å². The summed E-state index contributed by atoms with van der Waals surface area (Å²) in [6.07, 6.45) is 2.83. The molecule has 1 atom stereocenters. The Balaban J connectivity index is 1.42. The van der Waals surface area contributed by atoms with Crippen LogP contribution in [-0.2, 0) is 12.2 Å². The lowest BCUT2D eigenvalue weighted by molar-refractivity contribution is 0.0962. The van der Waals surface area contributed by atoms with Gasteiger partial charge in [0.25, 0.3) is 5.78 Å². The van der Waals surface area contributed by atoms with Crippen molar-refractivity contribution < 1.29 is 9.53 Å². The Labute approximate surface area is 188 Å². The minimum atomic E-state index is 0.0306. The topological polar surface area (TPSA) is 69.4 Å². The summed E-state index contributed by atoms with van der Waals surface area (Å²) in [5, 5.41) is 5.82. The summed E-state index contributed by atoms with van der Waals surface area (Å²) in [7, 11) is 1.65. The second-order valence-corrected chi connectivity index (χ2v) is 8.74. The van der Waals surface area contributed by atoms with Crippen molar-refractivity contribution in [1.29, 1.82) is 0 Å². The summed E-state index contributed by atoms with van der Waals surface area (Å²) in [5.74, 6) is 2.04. The van der Waals surface area contributed by atoms with Gasteiger partial charge in [-0.3, -0.25) is 4.79 Å². The maximum Gasteiger partial charge on any atom is 0.253 e. The normalized spacial score (nSPS) is 15.8. The number of ether oxygens (including phenoxy) is 1. The molecule has 1 unspecified atom stereocenters. The number of ketones is 1. The van der Waals surface area contributed by atoms with Crippen molar-refractivity contribution in [1.82, 2.24) is 19.6 Å².